The zero-order valence-electron chi connectivity index (χ0n) is 7.75. The van der Waals surface area contributed by atoms with Crippen LogP contribution in [0.2, 0.25) is 0 Å². The molecule has 0 saturated heterocycles. The number of thiocarbonyl (C=S) groups is 1. The Hall–Kier alpha value is -1.12. The highest BCUT2D eigenvalue weighted by Crippen LogP contribution is 1.92. The Bertz CT molecular complexity index is 432. The van der Waals surface area contributed by atoms with Gasteiger partial charge in [0.2, 0.25) is 10.0 Å². The Morgan fingerprint density at radius 1 is 1.60 bits per heavy atom. The van der Waals surface area contributed by atoms with E-state index in [9.17, 15) is 8.42 Å². The van der Waals surface area contributed by atoms with Gasteiger partial charge in [0.25, 0.3) is 0 Å². The first-order valence-electron chi connectivity index (χ1n) is 4.02. The normalized spacial score (nSPS) is 11.2. The first-order valence-corrected chi connectivity index (χ1v) is 6.08. The first-order chi connectivity index (χ1) is 6.99. The average molecular weight is 246 g/mol. The number of sulfonamides is 1. The van der Waals surface area contributed by atoms with Crippen LogP contribution in [0.3, 0.4) is 0 Å². The van der Waals surface area contributed by atoms with Crippen molar-refractivity contribution in [3.63, 3.8) is 0 Å². The lowest BCUT2D eigenvalue weighted by molar-refractivity contribution is 0.584. The lowest BCUT2D eigenvalue weighted by atomic mass is 10.4. The third kappa shape index (κ3) is 4.77. The Balaban J connectivity index is 2.54. The van der Waals surface area contributed by atoms with Gasteiger partial charge in [-0.3, -0.25) is 0 Å². The van der Waals surface area contributed by atoms with Crippen molar-refractivity contribution in [2.75, 3.05) is 5.75 Å². The molecular formula is C7H10N4O2S2. The third-order valence-electron chi connectivity index (χ3n) is 1.43. The van der Waals surface area contributed by atoms with Crippen molar-refractivity contribution in [3.05, 3.63) is 24.0 Å². The molecule has 0 saturated carbocycles. The average Bonchev–Trinajstić information content (AvgIpc) is 2.15. The molecule has 0 unspecified atom stereocenters. The van der Waals surface area contributed by atoms with Crippen LogP contribution in [0, 0.1) is 0 Å². The molecule has 0 bridgehead atoms. The van der Waals surface area contributed by atoms with E-state index >= 15 is 0 Å². The lowest BCUT2D eigenvalue weighted by Gasteiger charge is -2.04. The van der Waals surface area contributed by atoms with Gasteiger partial charge in [-0.15, -0.1) is 0 Å². The summed E-state index contributed by atoms with van der Waals surface area (Å²) < 4.78 is 24.9. The molecule has 1 rings (SSSR count). The Kier molecular flexibility index (Phi) is 4.06. The maximum absolute atomic E-state index is 11.3. The zero-order valence-corrected chi connectivity index (χ0v) is 9.38. The number of hydrogen-bond acceptors (Lipinski definition) is 5. The van der Waals surface area contributed by atoms with Gasteiger partial charge in [-0.1, -0.05) is 12.2 Å². The summed E-state index contributed by atoms with van der Waals surface area (Å²) in [7, 11) is -3.46. The van der Waals surface area contributed by atoms with E-state index in [-0.39, 0.29) is 17.3 Å². The maximum Gasteiger partial charge on any atom is 0.218 e. The van der Waals surface area contributed by atoms with Gasteiger partial charge < -0.3 is 5.73 Å². The summed E-state index contributed by atoms with van der Waals surface area (Å²) in [5.41, 5.74) is 5.66. The van der Waals surface area contributed by atoms with Crippen molar-refractivity contribution in [3.8, 4) is 0 Å². The highest BCUT2D eigenvalue weighted by atomic mass is 32.2. The molecule has 82 valence electrons. The summed E-state index contributed by atoms with van der Waals surface area (Å²) in [5.74, 6) is -0.359. The number of nitrogens with two attached hydrogens (primary N) is 1. The zero-order chi connectivity index (χ0) is 11.3. The Labute approximate surface area is 92.9 Å². The molecule has 0 spiro atoms. The van der Waals surface area contributed by atoms with E-state index < -0.39 is 10.0 Å². The number of hydrogen-bond donors (Lipinski definition) is 2. The number of nitrogens with one attached hydrogen (secondary N) is 1. The van der Waals surface area contributed by atoms with Crippen LogP contribution in [0.1, 0.15) is 5.69 Å². The van der Waals surface area contributed by atoms with Crippen LogP contribution < -0.4 is 10.5 Å². The molecule has 3 N–H and O–H groups in total. The van der Waals surface area contributed by atoms with Crippen LogP contribution in [-0.4, -0.2) is 29.4 Å². The molecule has 0 amide bonds. The largest absolute Gasteiger partial charge is 0.392 e. The summed E-state index contributed by atoms with van der Waals surface area (Å²) in [6, 6.07) is 3.33. The van der Waals surface area contributed by atoms with Crippen LogP contribution in [0.15, 0.2) is 18.3 Å². The molecule has 0 atom stereocenters. The highest BCUT2D eigenvalue weighted by Gasteiger charge is 2.11. The van der Waals surface area contributed by atoms with Gasteiger partial charge in [-0.25, -0.2) is 13.1 Å². The van der Waals surface area contributed by atoms with Gasteiger partial charge in [-0.05, 0) is 12.1 Å². The van der Waals surface area contributed by atoms with E-state index in [1.165, 1.54) is 6.20 Å². The molecule has 8 heteroatoms. The second-order valence-electron chi connectivity index (χ2n) is 2.76. The van der Waals surface area contributed by atoms with E-state index in [1.54, 1.807) is 12.1 Å². The van der Waals surface area contributed by atoms with E-state index in [4.69, 9.17) is 5.73 Å². The quantitative estimate of drug-likeness (QED) is 0.659. The van der Waals surface area contributed by atoms with Gasteiger partial charge >= 0.3 is 0 Å². The molecule has 1 heterocycles. The van der Waals surface area contributed by atoms with Crippen LogP contribution in [0.25, 0.3) is 0 Å². The molecule has 0 fully saturated rings. The van der Waals surface area contributed by atoms with Gasteiger partial charge in [0.15, 0.2) is 0 Å². The van der Waals surface area contributed by atoms with Gasteiger partial charge in [-0.2, -0.15) is 10.2 Å². The second kappa shape index (κ2) is 5.10. The molecular weight excluding hydrogens is 236 g/mol. The molecule has 0 aliphatic heterocycles. The summed E-state index contributed by atoms with van der Waals surface area (Å²) in [6.07, 6.45) is 1.51. The van der Waals surface area contributed by atoms with E-state index in [2.05, 4.69) is 27.1 Å². The first kappa shape index (κ1) is 12.0. The van der Waals surface area contributed by atoms with Crippen LogP contribution in [0.4, 0.5) is 0 Å². The highest BCUT2D eigenvalue weighted by molar-refractivity contribution is 7.92. The van der Waals surface area contributed by atoms with Crippen molar-refractivity contribution in [2.24, 2.45) is 5.73 Å². The van der Waals surface area contributed by atoms with Gasteiger partial charge in [0.05, 0.1) is 17.2 Å². The molecule has 1 aromatic heterocycles. The molecule has 0 aliphatic carbocycles. The van der Waals surface area contributed by atoms with E-state index in [0.717, 1.165) is 0 Å². The number of rotatable bonds is 5. The molecule has 0 radical (unpaired) electrons. The van der Waals surface area contributed by atoms with Crippen LogP contribution >= 0.6 is 12.2 Å². The summed E-state index contributed by atoms with van der Waals surface area (Å²) >= 11 is 4.51. The minimum absolute atomic E-state index is 0.0679. The molecule has 0 aliphatic rings. The lowest BCUT2D eigenvalue weighted by Crippen LogP contribution is -2.32. The van der Waals surface area contributed by atoms with E-state index in [0.29, 0.717) is 5.69 Å². The van der Waals surface area contributed by atoms with Gasteiger partial charge in [0, 0.05) is 6.20 Å². The fourth-order valence-electron chi connectivity index (χ4n) is 0.850. The topological polar surface area (TPSA) is 98.0 Å². The smallest absolute Gasteiger partial charge is 0.218 e. The summed E-state index contributed by atoms with van der Waals surface area (Å²) in [5, 5.41) is 7.33. The van der Waals surface area contributed by atoms with Crippen molar-refractivity contribution < 1.29 is 8.42 Å². The Morgan fingerprint density at radius 2 is 2.33 bits per heavy atom. The molecule has 15 heavy (non-hydrogen) atoms. The fourth-order valence-corrected chi connectivity index (χ4v) is 2.16. The maximum atomic E-state index is 11.3. The summed E-state index contributed by atoms with van der Waals surface area (Å²) in [6.45, 7) is 0.0821. The monoisotopic (exact) mass is 246 g/mol. The Morgan fingerprint density at radius 3 is 2.87 bits per heavy atom. The van der Waals surface area contributed by atoms with Gasteiger partial charge in [0.1, 0.15) is 5.75 Å². The molecule has 1 aromatic rings. The standard InChI is InChI=1S/C7H10N4O2S2/c8-7(14)5-15(12,13)10-4-6-2-1-3-9-11-6/h1-3,10H,4-5H2,(H2,8,14). The minimum atomic E-state index is -3.46. The SMILES string of the molecule is NC(=S)CS(=O)(=O)NCc1cccnn1. The molecule has 0 aromatic carbocycles. The predicted molar refractivity (Wildman–Crippen MR) is 59.4 cm³/mol. The van der Waals surface area contributed by atoms with Crippen LogP contribution in [-0.2, 0) is 16.6 Å². The van der Waals surface area contributed by atoms with E-state index in [1.807, 2.05) is 0 Å². The summed E-state index contributed by atoms with van der Waals surface area (Å²) in [4.78, 5) is -0.0679. The minimum Gasteiger partial charge on any atom is -0.392 e. The van der Waals surface area contributed by atoms with Crippen molar-refractivity contribution in [1.29, 1.82) is 0 Å². The molecule has 6 nitrogen and oxygen atoms in total. The number of nitrogens with zero attached hydrogens (tertiary/aromatic N) is 2. The van der Waals surface area contributed by atoms with Crippen molar-refractivity contribution >= 4 is 27.2 Å². The second-order valence-corrected chi connectivity index (χ2v) is 5.09. The third-order valence-corrected chi connectivity index (χ3v) is 3.04. The fraction of sp³-hybridized carbons (Fsp3) is 0.286. The number of aromatic nitrogens is 2. The van der Waals surface area contributed by atoms with Crippen molar-refractivity contribution in [2.45, 2.75) is 6.54 Å². The van der Waals surface area contributed by atoms with Crippen molar-refractivity contribution in [1.82, 2.24) is 14.9 Å². The predicted octanol–water partition coefficient (Wildman–Crippen LogP) is -0.818. The van der Waals surface area contributed by atoms with Crippen LogP contribution in [0.5, 0.6) is 0 Å².